The van der Waals surface area contributed by atoms with Crippen molar-refractivity contribution < 1.29 is 19.0 Å². The molecule has 0 bridgehead atoms. The highest BCUT2D eigenvalue weighted by Crippen LogP contribution is 2.14. The molecule has 0 amide bonds. The van der Waals surface area contributed by atoms with E-state index in [-0.39, 0.29) is 5.97 Å². The number of hydrogen-bond acceptors (Lipinski definition) is 5. The second-order valence-corrected chi connectivity index (χ2v) is 5.13. The van der Waals surface area contributed by atoms with Gasteiger partial charge in [-0.3, -0.25) is 9.69 Å². The Kier molecular flexibility index (Phi) is 13.9. The monoisotopic (exact) mass is 303 g/mol. The topological polar surface area (TPSA) is 48.0 Å². The van der Waals surface area contributed by atoms with Crippen molar-refractivity contribution in [1.82, 2.24) is 4.90 Å². The van der Waals surface area contributed by atoms with Crippen molar-refractivity contribution in [3.63, 3.8) is 0 Å². The lowest BCUT2D eigenvalue weighted by Crippen LogP contribution is -2.38. The van der Waals surface area contributed by atoms with E-state index in [9.17, 15) is 4.79 Å². The van der Waals surface area contributed by atoms with Crippen LogP contribution in [0.3, 0.4) is 0 Å². The average Bonchev–Trinajstić information content (AvgIpc) is 2.47. The fourth-order valence-corrected chi connectivity index (χ4v) is 2.28. The first-order valence-electron chi connectivity index (χ1n) is 8.15. The normalized spacial score (nSPS) is 11.3. The van der Waals surface area contributed by atoms with E-state index in [0.29, 0.717) is 45.6 Å². The van der Waals surface area contributed by atoms with E-state index in [4.69, 9.17) is 14.2 Å². The maximum atomic E-state index is 11.7. The molecule has 0 aliphatic heterocycles. The van der Waals surface area contributed by atoms with Gasteiger partial charge >= 0.3 is 5.97 Å². The van der Waals surface area contributed by atoms with E-state index in [2.05, 4.69) is 18.7 Å². The summed E-state index contributed by atoms with van der Waals surface area (Å²) in [7, 11) is 1.59. The highest BCUT2D eigenvalue weighted by atomic mass is 16.6. The van der Waals surface area contributed by atoms with E-state index in [0.717, 1.165) is 25.7 Å². The first-order chi connectivity index (χ1) is 10.2. The molecule has 0 rings (SSSR count). The predicted molar refractivity (Wildman–Crippen MR) is 84.3 cm³/mol. The van der Waals surface area contributed by atoms with Crippen molar-refractivity contribution >= 4 is 5.97 Å². The summed E-state index contributed by atoms with van der Waals surface area (Å²) in [6.45, 7) is 9.13. The molecule has 126 valence electrons. The number of hydrogen-bond donors (Lipinski definition) is 0. The summed E-state index contributed by atoms with van der Waals surface area (Å²) in [4.78, 5) is 14.0. The average molecular weight is 303 g/mol. The summed E-state index contributed by atoms with van der Waals surface area (Å²) in [5.74, 6) is -0.166. The van der Waals surface area contributed by atoms with Crippen molar-refractivity contribution in [2.24, 2.45) is 0 Å². The van der Waals surface area contributed by atoms with Crippen LogP contribution in [0.25, 0.3) is 0 Å². The van der Waals surface area contributed by atoms with Crippen LogP contribution in [0.15, 0.2) is 0 Å². The fourth-order valence-electron chi connectivity index (χ4n) is 2.28. The van der Waals surface area contributed by atoms with Crippen molar-refractivity contribution in [2.45, 2.75) is 58.9 Å². The van der Waals surface area contributed by atoms with Gasteiger partial charge in [0.25, 0.3) is 0 Å². The molecule has 5 nitrogen and oxygen atoms in total. The summed E-state index contributed by atoms with van der Waals surface area (Å²) in [5.41, 5.74) is 0. The third-order valence-electron chi connectivity index (χ3n) is 3.38. The Morgan fingerprint density at radius 3 is 2.29 bits per heavy atom. The Hall–Kier alpha value is -0.650. The van der Waals surface area contributed by atoms with Gasteiger partial charge in [-0.25, -0.2) is 0 Å². The van der Waals surface area contributed by atoms with Crippen LogP contribution in [-0.2, 0) is 19.0 Å². The number of ether oxygens (including phenoxy) is 3. The Balaban J connectivity index is 4.28. The highest BCUT2D eigenvalue weighted by molar-refractivity contribution is 5.69. The van der Waals surface area contributed by atoms with Crippen LogP contribution >= 0.6 is 0 Å². The molecule has 0 radical (unpaired) electrons. The van der Waals surface area contributed by atoms with Crippen molar-refractivity contribution in [2.75, 3.05) is 40.2 Å². The van der Waals surface area contributed by atoms with Gasteiger partial charge in [0.05, 0.1) is 19.8 Å². The first-order valence-corrected chi connectivity index (χ1v) is 8.15. The van der Waals surface area contributed by atoms with Crippen molar-refractivity contribution in [1.29, 1.82) is 0 Å². The van der Waals surface area contributed by atoms with Crippen LogP contribution in [0.5, 0.6) is 0 Å². The maximum Gasteiger partial charge on any atom is 0.307 e. The van der Waals surface area contributed by atoms with E-state index in [1.165, 1.54) is 0 Å². The van der Waals surface area contributed by atoms with E-state index < -0.39 is 0 Å². The molecule has 0 N–H and O–H groups in total. The second kappa shape index (κ2) is 14.3. The highest BCUT2D eigenvalue weighted by Gasteiger charge is 2.18. The van der Waals surface area contributed by atoms with E-state index >= 15 is 0 Å². The Labute approximate surface area is 129 Å². The van der Waals surface area contributed by atoms with Crippen LogP contribution in [0.1, 0.15) is 52.9 Å². The summed E-state index contributed by atoms with van der Waals surface area (Å²) in [6, 6.07) is 0.485. The molecule has 0 fully saturated rings. The first kappa shape index (κ1) is 20.3. The minimum absolute atomic E-state index is 0.166. The lowest BCUT2D eigenvalue weighted by molar-refractivity contribution is -0.145. The number of methoxy groups -OCH3 is 1. The van der Waals surface area contributed by atoms with Gasteiger partial charge < -0.3 is 14.2 Å². The van der Waals surface area contributed by atoms with E-state index in [1.807, 2.05) is 6.92 Å². The van der Waals surface area contributed by atoms with Gasteiger partial charge in [-0.05, 0) is 19.8 Å². The molecule has 0 atom stereocenters. The molecule has 0 saturated carbocycles. The van der Waals surface area contributed by atoms with Gasteiger partial charge in [-0.15, -0.1) is 0 Å². The van der Waals surface area contributed by atoms with Gasteiger partial charge in [0.15, 0.2) is 0 Å². The SMILES string of the molecule is CCCC(CCC)N(CCC(=O)OCCOC)COCC. The fraction of sp³-hybridized carbons (Fsp3) is 0.938. The lowest BCUT2D eigenvalue weighted by Gasteiger charge is -2.31. The molecular weight excluding hydrogens is 270 g/mol. The molecule has 0 aromatic rings. The number of carbonyl (C=O) groups is 1. The van der Waals surface area contributed by atoms with Crippen molar-refractivity contribution in [3.8, 4) is 0 Å². The molecule has 0 unspecified atom stereocenters. The Morgan fingerprint density at radius 1 is 1.10 bits per heavy atom. The van der Waals surface area contributed by atoms with Gasteiger partial charge in [0.1, 0.15) is 6.61 Å². The predicted octanol–water partition coefficient (Wildman–Crippen LogP) is 2.83. The number of rotatable bonds is 14. The summed E-state index contributed by atoms with van der Waals surface area (Å²) < 4.78 is 15.5. The summed E-state index contributed by atoms with van der Waals surface area (Å²) in [6.07, 6.45) is 4.97. The van der Waals surface area contributed by atoms with Crippen LogP contribution in [0, 0.1) is 0 Å². The zero-order valence-electron chi connectivity index (χ0n) is 14.2. The third-order valence-corrected chi connectivity index (χ3v) is 3.38. The lowest BCUT2D eigenvalue weighted by atomic mass is 10.1. The molecule has 0 aromatic carbocycles. The Bertz CT molecular complexity index is 242. The molecule has 21 heavy (non-hydrogen) atoms. The zero-order valence-corrected chi connectivity index (χ0v) is 14.2. The maximum absolute atomic E-state index is 11.7. The molecule has 5 heteroatoms. The largest absolute Gasteiger partial charge is 0.463 e. The minimum atomic E-state index is -0.166. The molecule has 0 heterocycles. The van der Waals surface area contributed by atoms with Crippen LogP contribution in [0.2, 0.25) is 0 Å². The minimum Gasteiger partial charge on any atom is -0.463 e. The van der Waals surface area contributed by atoms with Crippen molar-refractivity contribution in [3.05, 3.63) is 0 Å². The van der Waals surface area contributed by atoms with Crippen LogP contribution in [-0.4, -0.2) is 57.1 Å². The molecular formula is C16H33NO4. The molecule has 0 aromatic heterocycles. The Morgan fingerprint density at radius 2 is 1.76 bits per heavy atom. The van der Waals surface area contributed by atoms with Gasteiger partial charge in [-0.1, -0.05) is 26.7 Å². The zero-order chi connectivity index (χ0) is 15.9. The third kappa shape index (κ3) is 10.7. The summed E-state index contributed by atoms with van der Waals surface area (Å²) >= 11 is 0. The number of esters is 1. The van der Waals surface area contributed by atoms with Crippen LogP contribution < -0.4 is 0 Å². The molecule has 0 aliphatic carbocycles. The standard InChI is InChI=1S/C16H33NO4/c1-5-8-15(9-6-2)17(14-20-7-3)11-10-16(18)21-13-12-19-4/h15H,5-14H2,1-4H3. The van der Waals surface area contributed by atoms with Gasteiger partial charge in [0, 0.05) is 26.3 Å². The van der Waals surface area contributed by atoms with Gasteiger partial charge in [-0.2, -0.15) is 0 Å². The molecule has 0 saturated heterocycles. The van der Waals surface area contributed by atoms with E-state index in [1.54, 1.807) is 7.11 Å². The van der Waals surface area contributed by atoms with Crippen LogP contribution in [0.4, 0.5) is 0 Å². The smallest absolute Gasteiger partial charge is 0.307 e. The number of carbonyl (C=O) groups excluding carboxylic acids is 1. The molecule has 0 spiro atoms. The number of nitrogens with zero attached hydrogens (tertiary/aromatic N) is 1. The second-order valence-electron chi connectivity index (χ2n) is 5.13. The summed E-state index contributed by atoms with van der Waals surface area (Å²) in [5, 5.41) is 0. The van der Waals surface area contributed by atoms with Gasteiger partial charge in [0.2, 0.25) is 0 Å². The quantitative estimate of drug-likeness (QED) is 0.280. The molecule has 0 aliphatic rings.